The van der Waals surface area contributed by atoms with Crippen molar-refractivity contribution in [2.45, 2.75) is 52.4 Å². The highest BCUT2D eigenvalue weighted by Crippen LogP contribution is 2.39. The number of rotatable bonds is 5. The largest absolute Gasteiger partial charge is 0.497 e. The van der Waals surface area contributed by atoms with E-state index in [9.17, 15) is 0 Å². The predicted octanol–water partition coefficient (Wildman–Crippen LogP) is 9.15. The van der Waals surface area contributed by atoms with Crippen LogP contribution in [-0.2, 0) is 12.8 Å². The average molecular weight is 566 g/mol. The second-order valence-electron chi connectivity index (χ2n) is 11.0. The minimum Gasteiger partial charge on any atom is -0.497 e. The first kappa shape index (κ1) is 24.9. The fourth-order valence-corrected chi connectivity index (χ4v) is 6.09. The fraction of sp³-hybridized carbons (Fsp3) is 0.265. The van der Waals surface area contributed by atoms with E-state index in [-0.39, 0.29) is 0 Å². The third-order valence-corrected chi connectivity index (χ3v) is 8.32. The monoisotopic (exact) mass is 564 g/mol. The molecule has 3 nitrogen and oxygen atoms in total. The van der Waals surface area contributed by atoms with E-state index in [1.165, 1.54) is 44.6 Å². The molecule has 2 heterocycles. The SMILES string of the molecule is COc1ccc2c(c1)CCc1cc(C=C3N=C(c4ccc(C(C)C)cc4C(C)C)c4ccc(Br)cc43)[nH]c1-2. The van der Waals surface area contributed by atoms with Crippen LogP contribution in [0.5, 0.6) is 5.75 Å². The predicted molar refractivity (Wildman–Crippen MR) is 162 cm³/mol. The van der Waals surface area contributed by atoms with E-state index in [2.05, 4.69) is 109 Å². The molecule has 1 aliphatic heterocycles. The van der Waals surface area contributed by atoms with Crippen molar-refractivity contribution in [1.29, 1.82) is 0 Å². The van der Waals surface area contributed by atoms with Crippen molar-refractivity contribution in [2.75, 3.05) is 7.11 Å². The van der Waals surface area contributed by atoms with Crippen LogP contribution in [0.2, 0.25) is 0 Å². The first-order chi connectivity index (χ1) is 18.3. The molecular formula is C34H33BrN2O. The van der Waals surface area contributed by atoms with E-state index in [4.69, 9.17) is 9.73 Å². The molecule has 0 amide bonds. The van der Waals surface area contributed by atoms with Crippen molar-refractivity contribution in [2.24, 2.45) is 4.99 Å². The van der Waals surface area contributed by atoms with Crippen LogP contribution in [0.4, 0.5) is 0 Å². The highest BCUT2D eigenvalue weighted by atomic mass is 79.9. The van der Waals surface area contributed by atoms with Crippen molar-refractivity contribution < 1.29 is 4.74 Å². The number of aromatic nitrogens is 1. The first-order valence-corrected chi connectivity index (χ1v) is 14.3. The maximum atomic E-state index is 5.45. The molecule has 3 aromatic carbocycles. The number of nitrogens with one attached hydrogen (secondary N) is 1. The van der Waals surface area contributed by atoms with Crippen LogP contribution in [0.15, 0.2) is 70.1 Å². The lowest BCUT2D eigenvalue weighted by Gasteiger charge is -2.17. The van der Waals surface area contributed by atoms with Crippen LogP contribution < -0.4 is 4.74 Å². The minimum absolute atomic E-state index is 0.409. The third kappa shape index (κ3) is 4.35. The van der Waals surface area contributed by atoms with Crippen molar-refractivity contribution in [1.82, 2.24) is 4.98 Å². The van der Waals surface area contributed by atoms with Crippen LogP contribution in [-0.4, -0.2) is 17.8 Å². The Bertz CT molecular complexity index is 1620. The van der Waals surface area contributed by atoms with Crippen molar-refractivity contribution >= 4 is 33.4 Å². The van der Waals surface area contributed by atoms with Gasteiger partial charge in [0.25, 0.3) is 0 Å². The van der Waals surface area contributed by atoms with E-state index >= 15 is 0 Å². The number of ether oxygens (including phenoxy) is 1. The smallest absolute Gasteiger partial charge is 0.119 e. The maximum absolute atomic E-state index is 5.45. The number of halogens is 1. The Morgan fingerprint density at radius 2 is 1.58 bits per heavy atom. The van der Waals surface area contributed by atoms with Gasteiger partial charge < -0.3 is 9.72 Å². The van der Waals surface area contributed by atoms with Crippen LogP contribution >= 0.6 is 15.9 Å². The van der Waals surface area contributed by atoms with Gasteiger partial charge in [-0.3, -0.25) is 0 Å². The molecule has 6 rings (SSSR count). The van der Waals surface area contributed by atoms with Gasteiger partial charge in [-0.05, 0) is 89.4 Å². The molecular weight excluding hydrogens is 532 g/mol. The zero-order chi connectivity index (χ0) is 26.6. The van der Waals surface area contributed by atoms with Gasteiger partial charge in [-0.25, -0.2) is 4.99 Å². The summed E-state index contributed by atoms with van der Waals surface area (Å²) in [5.74, 6) is 1.82. The van der Waals surface area contributed by atoms with Crippen LogP contribution in [0.25, 0.3) is 23.0 Å². The summed E-state index contributed by atoms with van der Waals surface area (Å²) in [5.41, 5.74) is 14.6. The van der Waals surface area contributed by atoms with Gasteiger partial charge in [0.05, 0.1) is 18.5 Å². The molecule has 0 bridgehead atoms. The van der Waals surface area contributed by atoms with Gasteiger partial charge in [0, 0.05) is 38.1 Å². The normalized spacial score (nSPS) is 15.1. The van der Waals surface area contributed by atoms with Crippen LogP contribution in [0.1, 0.15) is 84.2 Å². The molecule has 1 N–H and O–H groups in total. The number of H-pyrrole nitrogens is 1. The van der Waals surface area contributed by atoms with Crippen molar-refractivity contribution in [3.63, 3.8) is 0 Å². The number of aromatic amines is 1. The number of aliphatic imine (C=N–C) groups is 1. The van der Waals surface area contributed by atoms with Gasteiger partial charge in [-0.2, -0.15) is 0 Å². The molecule has 0 saturated carbocycles. The standard InChI is InChI=1S/C34H33BrN2O/c1-19(2)21-8-11-28(30(16-21)20(3)4)34-29-12-9-24(35)17-31(29)32(37-34)18-25-14-23-7-6-22-15-26(38-5)10-13-27(22)33(23)36-25/h8-20,36H,6-7H2,1-5H3. The summed E-state index contributed by atoms with van der Waals surface area (Å²) in [4.78, 5) is 8.98. The van der Waals surface area contributed by atoms with Gasteiger partial charge in [0.1, 0.15) is 5.75 Å². The molecule has 0 fully saturated rings. The molecule has 192 valence electrons. The molecule has 2 aliphatic rings. The molecule has 38 heavy (non-hydrogen) atoms. The van der Waals surface area contributed by atoms with E-state index < -0.39 is 0 Å². The lowest BCUT2D eigenvalue weighted by atomic mass is 9.87. The number of aryl methyl sites for hydroxylation is 2. The molecule has 0 radical (unpaired) electrons. The molecule has 0 atom stereocenters. The second kappa shape index (κ2) is 9.74. The number of methoxy groups -OCH3 is 1. The van der Waals surface area contributed by atoms with Gasteiger partial charge in [-0.15, -0.1) is 0 Å². The highest BCUT2D eigenvalue weighted by molar-refractivity contribution is 9.10. The fourth-order valence-electron chi connectivity index (χ4n) is 5.72. The van der Waals surface area contributed by atoms with Gasteiger partial charge >= 0.3 is 0 Å². The summed E-state index contributed by atoms with van der Waals surface area (Å²) in [6.45, 7) is 9.05. The van der Waals surface area contributed by atoms with Crippen molar-refractivity contribution in [3.8, 4) is 17.0 Å². The Balaban J connectivity index is 1.46. The summed E-state index contributed by atoms with van der Waals surface area (Å²) < 4.78 is 6.52. The Hall–Kier alpha value is -3.37. The number of nitrogens with zero attached hydrogens (tertiary/aromatic N) is 1. The van der Waals surface area contributed by atoms with Gasteiger partial charge in [-0.1, -0.05) is 67.9 Å². The zero-order valence-electron chi connectivity index (χ0n) is 22.7. The summed E-state index contributed by atoms with van der Waals surface area (Å²) >= 11 is 3.70. The topological polar surface area (TPSA) is 37.4 Å². The Morgan fingerprint density at radius 3 is 2.34 bits per heavy atom. The van der Waals surface area contributed by atoms with E-state index in [1.54, 1.807) is 7.11 Å². The number of hydrogen-bond donors (Lipinski definition) is 1. The average Bonchev–Trinajstić information content (AvgIpc) is 3.48. The van der Waals surface area contributed by atoms with E-state index in [0.29, 0.717) is 11.8 Å². The summed E-state index contributed by atoms with van der Waals surface area (Å²) in [5, 5.41) is 0. The lowest BCUT2D eigenvalue weighted by Crippen LogP contribution is -2.07. The zero-order valence-corrected chi connectivity index (χ0v) is 24.2. The summed E-state index contributed by atoms with van der Waals surface area (Å²) in [7, 11) is 1.73. The first-order valence-electron chi connectivity index (χ1n) is 13.5. The van der Waals surface area contributed by atoms with E-state index in [1.807, 2.05) is 6.07 Å². The Morgan fingerprint density at radius 1 is 0.816 bits per heavy atom. The van der Waals surface area contributed by atoms with Crippen LogP contribution in [0.3, 0.4) is 0 Å². The third-order valence-electron chi connectivity index (χ3n) is 7.82. The number of fused-ring (bicyclic) bond motifs is 4. The second-order valence-corrected chi connectivity index (χ2v) is 11.9. The van der Waals surface area contributed by atoms with Crippen molar-refractivity contribution in [3.05, 3.63) is 110 Å². The molecule has 0 unspecified atom stereocenters. The molecule has 1 aliphatic carbocycles. The summed E-state index contributed by atoms with van der Waals surface area (Å²) in [6, 6.07) is 22.1. The van der Waals surface area contributed by atoms with E-state index in [0.717, 1.165) is 45.7 Å². The molecule has 4 heteroatoms. The Labute approximate surface area is 233 Å². The molecule has 0 saturated heterocycles. The van der Waals surface area contributed by atoms with Gasteiger partial charge in [0.2, 0.25) is 0 Å². The number of hydrogen-bond acceptors (Lipinski definition) is 2. The number of benzene rings is 3. The maximum Gasteiger partial charge on any atom is 0.119 e. The Kier molecular flexibility index (Phi) is 6.39. The molecule has 4 aromatic rings. The summed E-state index contributed by atoms with van der Waals surface area (Å²) in [6.07, 6.45) is 4.25. The molecule has 0 spiro atoms. The molecule has 1 aromatic heterocycles. The van der Waals surface area contributed by atoms with Gasteiger partial charge in [0.15, 0.2) is 0 Å². The lowest BCUT2D eigenvalue weighted by molar-refractivity contribution is 0.414. The minimum atomic E-state index is 0.409. The van der Waals surface area contributed by atoms with Crippen LogP contribution in [0, 0.1) is 0 Å². The quantitative estimate of drug-likeness (QED) is 0.257. The highest BCUT2D eigenvalue weighted by Gasteiger charge is 2.26.